The van der Waals surface area contributed by atoms with Gasteiger partial charge in [0.05, 0.1) is 5.56 Å². The molecule has 1 atom stereocenters. The maximum absolute atomic E-state index is 12.7. The van der Waals surface area contributed by atoms with Gasteiger partial charge in [-0.2, -0.15) is 0 Å². The zero-order valence-corrected chi connectivity index (χ0v) is 15.1. The van der Waals surface area contributed by atoms with Gasteiger partial charge >= 0.3 is 0 Å². The lowest BCUT2D eigenvalue weighted by molar-refractivity contribution is -0.115. The Morgan fingerprint density at radius 2 is 1.96 bits per heavy atom. The summed E-state index contributed by atoms with van der Waals surface area (Å²) in [7, 11) is 0. The number of anilines is 2. The average molecular weight is 374 g/mol. The number of fused-ring (bicyclic) bond motifs is 1. The summed E-state index contributed by atoms with van der Waals surface area (Å²) in [6.07, 6.45) is 0. The lowest BCUT2D eigenvalue weighted by Gasteiger charge is -2.27. The van der Waals surface area contributed by atoms with E-state index in [9.17, 15) is 9.59 Å². The molecule has 8 heteroatoms. The van der Waals surface area contributed by atoms with Gasteiger partial charge in [-0.05, 0) is 23.6 Å². The number of amides is 2. The van der Waals surface area contributed by atoms with Crippen molar-refractivity contribution in [3.63, 3.8) is 0 Å². The summed E-state index contributed by atoms with van der Waals surface area (Å²) >= 11 is 2.87. The van der Waals surface area contributed by atoms with E-state index >= 15 is 0 Å². The molecule has 1 unspecified atom stereocenters. The minimum absolute atomic E-state index is 0.0200. The molecule has 4 rings (SSSR count). The molecule has 2 amide bonds. The van der Waals surface area contributed by atoms with Crippen LogP contribution in [-0.2, 0) is 4.79 Å². The minimum atomic E-state index is -0.387. The molecule has 25 heavy (non-hydrogen) atoms. The molecule has 1 fully saturated rings. The number of piperazine rings is 1. The van der Waals surface area contributed by atoms with Crippen LogP contribution in [0, 0.1) is 0 Å². The van der Waals surface area contributed by atoms with E-state index in [1.165, 1.54) is 23.1 Å². The number of hydrogen-bond donors (Lipinski definition) is 3. The summed E-state index contributed by atoms with van der Waals surface area (Å²) < 4.78 is 0. The lowest BCUT2D eigenvalue weighted by atomic mass is 10.2. The number of nitrogens with one attached hydrogen (secondary N) is 3. The van der Waals surface area contributed by atoms with Crippen LogP contribution in [0.3, 0.4) is 0 Å². The van der Waals surface area contributed by atoms with Gasteiger partial charge in [0, 0.05) is 36.8 Å². The normalized spacial score (nSPS) is 19.2. The lowest BCUT2D eigenvalue weighted by Crippen LogP contribution is -2.46. The number of para-hydroxylation sites is 1. The molecule has 0 radical (unpaired) electrons. The zero-order valence-electron chi connectivity index (χ0n) is 13.5. The summed E-state index contributed by atoms with van der Waals surface area (Å²) in [4.78, 5) is 28.2. The Hall–Kier alpha value is -2.03. The molecular formula is C17H18N4O2S2. The van der Waals surface area contributed by atoms with Gasteiger partial charge in [0.15, 0.2) is 5.37 Å². The summed E-state index contributed by atoms with van der Waals surface area (Å²) in [5.41, 5.74) is 1.54. The van der Waals surface area contributed by atoms with Gasteiger partial charge in [-0.15, -0.1) is 11.3 Å². The first-order valence-electron chi connectivity index (χ1n) is 8.13. The van der Waals surface area contributed by atoms with Gasteiger partial charge in [0.1, 0.15) is 5.00 Å². The molecule has 3 N–H and O–H groups in total. The highest BCUT2D eigenvalue weighted by atomic mass is 32.2. The minimum Gasteiger partial charge on any atom is -0.364 e. The summed E-state index contributed by atoms with van der Waals surface area (Å²) in [6.45, 7) is 2.99. The average Bonchev–Trinajstić information content (AvgIpc) is 3.28. The third-order valence-electron chi connectivity index (χ3n) is 4.19. The standard InChI is InChI=1S/C17H18N4O2S2/c22-14(16-19-12-3-1-2-4-13(12)25-16)20-15-11(5-10-24-15)17(23)21-8-6-18-7-9-21/h1-5,10,16,18-19H,6-9H2,(H,20,22). The van der Waals surface area contributed by atoms with E-state index in [1.54, 1.807) is 6.07 Å². The molecule has 0 aliphatic carbocycles. The predicted molar refractivity (Wildman–Crippen MR) is 101 cm³/mol. The fraction of sp³-hybridized carbons (Fsp3) is 0.294. The Morgan fingerprint density at radius 1 is 1.16 bits per heavy atom. The summed E-state index contributed by atoms with van der Waals surface area (Å²) in [5.74, 6) is -0.161. The fourth-order valence-corrected chi connectivity index (χ4v) is 4.69. The second kappa shape index (κ2) is 7.07. The van der Waals surface area contributed by atoms with Crippen LogP contribution in [-0.4, -0.2) is 48.3 Å². The van der Waals surface area contributed by atoms with Crippen LogP contribution >= 0.6 is 23.1 Å². The molecule has 0 bridgehead atoms. The van der Waals surface area contributed by atoms with Crippen molar-refractivity contribution >= 4 is 45.6 Å². The fourth-order valence-electron chi connectivity index (χ4n) is 2.90. The largest absolute Gasteiger partial charge is 0.364 e. The first-order valence-corrected chi connectivity index (χ1v) is 9.89. The van der Waals surface area contributed by atoms with Crippen molar-refractivity contribution in [3.8, 4) is 0 Å². The van der Waals surface area contributed by atoms with Gasteiger partial charge in [-0.3, -0.25) is 9.59 Å². The van der Waals surface area contributed by atoms with E-state index < -0.39 is 0 Å². The number of benzene rings is 1. The molecule has 1 saturated heterocycles. The second-order valence-electron chi connectivity index (χ2n) is 5.83. The monoisotopic (exact) mass is 374 g/mol. The van der Waals surface area contributed by atoms with Crippen LogP contribution in [0.2, 0.25) is 0 Å². The molecule has 2 aromatic rings. The zero-order chi connectivity index (χ0) is 17.2. The van der Waals surface area contributed by atoms with Crippen LogP contribution < -0.4 is 16.0 Å². The maximum atomic E-state index is 12.7. The molecule has 1 aromatic heterocycles. The molecule has 3 heterocycles. The molecule has 2 aliphatic rings. The number of thioether (sulfide) groups is 1. The summed E-state index contributed by atoms with van der Waals surface area (Å²) in [5, 5.41) is 11.4. The third-order valence-corrected chi connectivity index (χ3v) is 6.20. The van der Waals surface area contributed by atoms with Crippen molar-refractivity contribution in [2.24, 2.45) is 0 Å². The number of hydrogen-bond acceptors (Lipinski definition) is 6. The molecule has 2 aliphatic heterocycles. The number of nitrogens with zero attached hydrogens (tertiary/aromatic N) is 1. The predicted octanol–water partition coefficient (Wildman–Crippen LogP) is 2.28. The van der Waals surface area contributed by atoms with Crippen LogP contribution in [0.1, 0.15) is 10.4 Å². The van der Waals surface area contributed by atoms with Crippen LogP contribution in [0.5, 0.6) is 0 Å². The highest BCUT2D eigenvalue weighted by molar-refractivity contribution is 8.01. The topological polar surface area (TPSA) is 73.5 Å². The van der Waals surface area contributed by atoms with E-state index in [0.29, 0.717) is 23.7 Å². The second-order valence-corrected chi connectivity index (χ2v) is 7.90. The molecule has 1 aromatic carbocycles. The van der Waals surface area contributed by atoms with E-state index in [-0.39, 0.29) is 17.2 Å². The van der Waals surface area contributed by atoms with Gasteiger partial charge in [0.2, 0.25) is 0 Å². The third kappa shape index (κ3) is 3.37. The van der Waals surface area contributed by atoms with Crippen molar-refractivity contribution in [2.45, 2.75) is 10.3 Å². The van der Waals surface area contributed by atoms with Gasteiger partial charge in [-0.25, -0.2) is 0 Å². The van der Waals surface area contributed by atoms with Crippen LogP contribution in [0.25, 0.3) is 0 Å². The van der Waals surface area contributed by atoms with Gasteiger partial charge in [-0.1, -0.05) is 23.9 Å². The quantitative estimate of drug-likeness (QED) is 0.769. The highest BCUT2D eigenvalue weighted by Crippen LogP contribution is 2.38. The van der Waals surface area contributed by atoms with Crippen molar-refractivity contribution in [3.05, 3.63) is 41.3 Å². The number of thiophene rings is 1. The first kappa shape index (κ1) is 16.4. The number of carbonyl (C=O) groups excluding carboxylic acids is 2. The smallest absolute Gasteiger partial charge is 0.258 e. The van der Waals surface area contributed by atoms with Crippen molar-refractivity contribution in [1.29, 1.82) is 0 Å². The van der Waals surface area contributed by atoms with E-state index in [4.69, 9.17) is 0 Å². The number of carbonyl (C=O) groups is 2. The number of rotatable bonds is 3. The Bertz CT molecular complexity index is 776. The summed E-state index contributed by atoms with van der Waals surface area (Å²) in [6, 6.07) is 9.63. The molecule has 0 saturated carbocycles. The Morgan fingerprint density at radius 3 is 2.76 bits per heavy atom. The first-order chi connectivity index (χ1) is 12.2. The molecule has 6 nitrogen and oxygen atoms in total. The van der Waals surface area contributed by atoms with E-state index in [1.807, 2.05) is 34.5 Å². The van der Waals surface area contributed by atoms with Crippen molar-refractivity contribution in [1.82, 2.24) is 10.2 Å². The maximum Gasteiger partial charge on any atom is 0.258 e. The van der Waals surface area contributed by atoms with Crippen LogP contribution in [0.15, 0.2) is 40.6 Å². The van der Waals surface area contributed by atoms with Crippen molar-refractivity contribution in [2.75, 3.05) is 36.8 Å². The highest BCUT2D eigenvalue weighted by Gasteiger charge is 2.29. The molecule has 0 spiro atoms. The van der Waals surface area contributed by atoms with Crippen molar-refractivity contribution < 1.29 is 9.59 Å². The van der Waals surface area contributed by atoms with Crippen LogP contribution in [0.4, 0.5) is 10.7 Å². The Labute approximate surface area is 154 Å². The van der Waals surface area contributed by atoms with Gasteiger partial charge < -0.3 is 20.9 Å². The van der Waals surface area contributed by atoms with E-state index in [2.05, 4.69) is 16.0 Å². The van der Waals surface area contributed by atoms with E-state index in [0.717, 1.165) is 23.7 Å². The Balaban J connectivity index is 1.44. The Kier molecular flexibility index (Phi) is 4.65. The molecule has 130 valence electrons. The van der Waals surface area contributed by atoms with Gasteiger partial charge in [0.25, 0.3) is 11.8 Å². The molecular weight excluding hydrogens is 356 g/mol. The SMILES string of the molecule is O=C(Nc1sccc1C(=O)N1CCNCC1)C1Nc2ccccc2S1.